The molecule has 0 aromatic carbocycles. The number of H-pyrrole nitrogens is 1. The van der Waals surface area contributed by atoms with Gasteiger partial charge in [0.15, 0.2) is 0 Å². The number of aliphatic hydroxyl groups is 3. The quantitative estimate of drug-likeness (QED) is 0.414. The average Bonchev–Trinajstić information content (AvgIpc) is 2.50. The second kappa shape index (κ2) is 4.49. The molecule has 1 aromatic heterocycles. The van der Waals surface area contributed by atoms with Gasteiger partial charge in [0.05, 0.1) is 6.61 Å². The van der Waals surface area contributed by atoms with E-state index in [0.717, 1.165) is 12.3 Å². The fourth-order valence-corrected chi connectivity index (χ4v) is 1.66. The second-order valence-corrected chi connectivity index (χ2v) is 3.97. The Kier molecular flexibility index (Phi) is 3.26. The average molecular weight is 279 g/mol. The maximum atomic E-state index is 14.2. The molecule has 1 aliphatic rings. The highest BCUT2D eigenvalue weighted by atomic mass is 19.2. The first kappa shape index (κ1) is 13.8. The molecular weight excluding hydrogens is 268 g/mol. The van der Waals surface area contributed by atoms with Crippen molar-refractivity contribution >= 4 is 5.82 Å². The van der Waals surface area contributed by atoms with Gasteiger partial charge in [-0.1, -0.05) is 0 Å². The van der Waals surface area contributed by atoms with Gasteiger partial charge >= 0.3 is 17.5 Å². The number of hydrogen-bond acceptors (Lipinski definition) is 7. The number of aromatic nitrogens is 2. The van der Waals surface area contributed by atoms with Crippen molar-refractivity contribution in [1.29, 1.82) is 0 Å². The van der Waals surface area contributed by atoms with Gasteiger partial charge in [-0.2, -0.15) is 4.39 Å². The molecule has 1 aromatic rings. The van der Waals surface area contributed by atoms with E-state index in [0.29, 0.717) is 0 Å². The number of nitrogens with zero attached hydrogens (tertiary/aromatic N) is 1. The van der Waals surface area contributed by atoms with Crippen molar-refractivity contribution in [3.05, 3.63) is 22.7 Å². The Morgan fingerprint density at radius 2 is 2.26 bits per heavy atom. The van der Waals surface area contributed by atoms with Gasteiger partial charge in [0.25, 0.3) is 0 Å². The third kappa shape index (κ3) is 2.18. The lowest BCUT2D eigenvalue weighted by atomic mass is 10.1. The van der Waals surface area contributed by atoms with Crippen molar-refractivity contribution in [2.24, 2.45) is 0 Å². The van der Waals surface area contributed by atoms with Gasteiger partial charge in [-0.05, 0) is 6.07 Å². The largest absolute Gasteiger partial charge is 0.394 e. The van der Waals surface area contributed by atoms with Crippen molar-refractivity contribution in [2.75, 3.05) is 11.9 Å². The summed E-state index contributed by atoms with van der Waals surface area (Å²) in [6.07, 6.45) is -2.96. The molecule has 2 heterocycles. The van der Waals surface area contributed by atoms with Gasteiger partial charge in [0.2, 0.25) is 0 Å². The molecule has 106 valence electrons. The van der Waals surface area contributed by atoms with Crippen LogP contribution in [-0.2, 0) is 4.74 Å². The molecule has 0 aliphatic carbocycles. The first-order valence-corrected chi connectivity index (χ1v) is 5.20. The van der Waals surface area contributed by atoms with Crippen LogP contribution in [0.15, 0.2) is 17.1 Å². The Morgan fingerprint density at radius 3 is 2.79 bits per heavy atom. The molecule has 5 N–H and O–H groups in total. The number of rotatable bonds is 3. The Hall–Kier alpha value is -1.62. The normalized spacial score (nSPS) is 38.4. The maximum Gasteiger partial charge on any atom is 0.351 e. The third-order valence-corrected chi connectivity index (χ3v) is 2.66. The SMILES string of the molecule is O=c1nccc(NC2(F)O[C@H](CO)[C@@H](O)[C@]2(O)F)[nH]1. The number of hydrogen-bond donors (Lipinski definition) is 5. The number of halogens is 2. The standard InChI is InChI=1S/C9H11F2N3O5/c10-8(18)6(16)4(3-15)19-9(8,11)14-5-1-2-12-7(17)13-5/h1-2,4,6,15-16,18H,3H2,(H2,12,13,14,17)/t4-,6-,8-,9?/m1/s1. The third-order valence-electron chi connectivity index (χ3n) is 2.66. The fraction of sp³-hybridized carbons (Fsp3) is 0.556. The summed E-state index contributed by atoms with van der Waals surface area (Å²) in [6, 6.07) is 1.08. The van der Waals surface area contributed by atoms with Crippen molar-refractivity contribution in [1.82, 2.24) is 9.97 Å². The highest BCUT2D eigenvalue weighted by molar-refractivity contribution is 5.35. The molecule has 8 nitrogen and oxygen atoms in total. The summed E-state index contributed by atoms with van der Waals surface area (Å²) < 4.78 is 32.4. The molecule has 1 saturated heterocycles. The molecule has 0 amide bonds. The summed E-state index contributed by atoms with van der Waals surface area (Å²) in [5.41, 5.74) is -0.840. The maximum absolute atomic E-state index is 14.2. The number of alkyl halides is 2. The van der Waals surface area contributed by atoms with Crippen LogP contribution in [0.25, 0.3) is 0 Å². The lowest BCUT2D eigenvalue weighted by molar-refractivity contribution is -0.262. The molecule has 10 heteroatoms. The lowest BCUT2D eigenvalue weighted by Crippen LogP contribution is -2.55. The van der Waals surface area contributed by atoms with Crippen LogP contribution in [0, 0.1) is 0 Å². The van der Waals surface area contributed by atoms with Gasteiger partial charge in [-0.25, -0.2) is 14.2 Å². The van der Waals surface area contributed by atoms with E-state index in [1.165, 1.54) is 0 Å². The van der Waals surface area contributed by atoms with E-state index in [1.54, 1.807) is 5.32 Å². The fourth-order valence-electron chi connectivity index (χ4n) is 1.66. The zero-order valence-electron chi connectivity index (χ0n) is 9.38. The lowest BCUT2D eigenvalue weighted by Gasteiger charge is -2.29. The van der Waals surface area contributed by atoms with Gasteiger partial charge < -0.3 is 25.4 Å². The van der Waals surface area contributed by atoms with Crippen LogP contribution in [0.5, 0.6) is 0 Å². The van der Waals surface area contributed by atoms with Gasteiger partial charge in [0.1, 0.15) is 18.0 Å². The zero-order valence-corrected chi connectivity index (χ0v) is 9.38. The van der Waals surface area contributed by atoms with Crippen LogP contribution in [-0.4, -0.2) is 55.9 Å². The molecule has 1 aliphatic heterocycles. The van der Waals surface area contributed by atoms with Crippen molar-refractivity contribution in [2.45, 2.75) is 24.0 Å². The van der Waals surface area contributed by atoms with Crippen LogP contribution < -0.4 is 11.0 Å². The second-order valence-electron chi connectivity index (χ2n) is 3.97. The van der Waals surface area contributed by atoms with Gasteiger partial charge in [-0.3, -0.25) is 4.98 Å². The Balaban J connectivity index is 2.30. The minimum atomic E-state index is -3.82. The molecule has 19 heavy (non-hydrogen) atoms. The van der Waals surface area contributed by atoms with E-state index in [-0.39, 0.29) is 5.82 Å². The molecule has 0 spiro atoms. The summed E-state index contributed by atoms with van der Waals surface area (Å²) in [5, 5.41) is 29.2. The van der Waals surface area contributed by atoms with Crippen molar-refractivity contribution < 1.29 is 28.8 Å². The highest BCUT2D eigenvalue weighted by Gasteiger charge is 2.68. The summed E-state index contributed by atoms with van der Waals surface area (Å²) >= 11 is 0. The van der Waals surface area contributed by atoms with Crippen molar-refractivity contribution in [3.8, 4) is 0 Å². The predicted octanol–water partition coefficient (Wildman–Crippen LogP) is -1.78. The molecule has 1 unspecified atom stereocenters. The van der Waals surface area contributed by atoms with E-state index < -0.39 is 36.3 Å². The minimum Gasteiger partial charge on any atom is -0.394 e. The molecule has 0 radical (unpaired) electrons. The first-order valence-electron chi connectivity index (χ1n) is 5.20. The van der Waals surface area contributed by atoms with E-state index in [2.05, 4.69) is 9.72 Å². The number of anilines is 1. The Morgan fingerprint density at radius 1 is 1.58 bits per heavy atom. The topological polar surface area (TPSA) is 128 Å². The Bertz CT molecular complexity index is 525. The number of nitrogens with one attached hydrogen (secondary N) is 2. The van der Waals surface area contributed by atoms with Crippen LogP contribution >= 0.6 is 0 Å². The Labute approximate surface area is 104 Å². The molecule has 0 saturated carbocycles. The number of ether oxygens (including phenoxy) is 1. The predicted molar refractivity (Wildman–Crippen MR) is 56.3 cm³/mol. The van der Waals surface area contributed by atoms with Gasteiger partial charge in [0, 0.05) is 6.20 Å². The smallest absolute Gasteiger partial charge is 0.351 e. The first-order chi connectivity index (χ1) is 8.80. The molecular formula is C9H11F2N3O5. The van der Waals surface area contributed by atoms with E-state index >= 15 is 0 Å². The molecule has 2 rings (SSSR count). The molecule has 1 fully saturated rings. The number of aliphatic hydroxyl groups excluding tert-OH is 2. The summed E-state index contributed by atoms with van der Waals surface area (Å²) in [7, 11) is 0. The monoisotopic (exact) mass is 279 g/mol. The van der Waals surface area contributed by atoms with Crippen LogP contribution in [0.4, 0.5) is 14.6 Å². The molecule has 0 bridgehead atoms. The van der Waals surface area contributed by atoms with Crippen LogP contribution in [0.2, 0.25) is 0 Å². The van der Waals surface area contributed by atoms with E-state index in [1.807, 2.05) is 4.98 Å². The number of aromatic amines is 1. The molecule has 4 atom stereocenters. The van der Waals surface area contributed by atoms with E-state index in [9.17, 15) is 23.8 Å². The summed E-state index contributed by atoms with van der Waals surface area (Å²) in [4.78, 5) is 16.2. The van der Waals surface area contributed by atoms with Gasteiger partial charge in [-0.15, -0.1) is 0 Å². The van der Waals surface area contributed by atoms with E-state index in [4.69, 9.17) is 5.11 Å². The minimum absolute atomic E-state index is 0.329. The van der Waals surface area contributed by atoms with Crippen LogP contribution in [0.1, 0.15) is 0 Å². The summed E-state index contributed by atoms with van der Waals surface area (Å²) in [5.74, 6) is -7.69. The highest BCUT2D eigenvalue weighted by Crippen LogP contribution is 2.42. The summed E-state index contributed by atoms with van der Waals surface area (Å²) in [6.45, 7) is -0.909. The van der Waals surface area contributed by atoms with Crippen LogP contribution in [0.3, 0.4) is 0 Å². The zero-order chi connectivity index (χ0) is 14.3. The van der Waals surface area contributed by atoms with Crippen molar-refractivity contribution in [3.63, 3.8) is 0 Å².